The quantitative estimate of drug-likeness (QED) is 0.454. The number of nitrogens with zero attached hydrogens (tertiary/aromatic N) is 2. The first-order valence-electron chi connectivity index (χ1n) is 8.10. The molecule has 0 radical (unpaired) electrons. The Bertz CT molecular complexity index is 909. The lowest BCUT2D eigenvalue weighted by Gasteiger charge is -2.05. The summed E-state index contributed by atoms with van der Waals surface area (Å²) in [6, 6.07) is 13.5. The number of rotatable bonds is 6. The molecule has 1 aliphatic heterocycles. The molecular formula is C19H17N3O4S. The minimum atomic E-state index is -0.557. The second-order valence-corrected chi connectivity index (χ2v) is 6.85. The third-order valence-electron chi connectivity index (χ3n) is 3.84. The zero-order valence-electron chi connectivity index (χ0n) is 14.5. The molecule has 1 aliphatic rings. The lowest BCUT2D eigenvalue weighted by atomic mass is 10.1. The molecule has 1 heterocycles. The van der Waals surface area contributed by atoms with Gasteiger partial charge in [-0.15, -0.1) is 5.10 Å². The van der Waals surface area contributed by atoms with Crippen LogP contribution in [-0.4, -0.2) is 40.5 Å². The van der Waals surface area contributed by atoms with Crippen LogP contribution in [0.2, 0.25) is 0 Å². The molecule has 0 spiro atoms. The van der Waals surface area contributed by atoms with Gasteiger partial charge in [-0.25, -0.2) is 0 Å². The topological polar surface area (TPSA) is 100 Å². The van der Waals surface area contributed by atoms with E-state index >= 15 is 0 Å². The van der Waals surface area contributed by atoms with Gasteiger partial charge in [0.15, 0.2) is 11.0 Å². The van der Waals surface area contributed by atoms with Crippen molar-refractivity contribution < 1.29 is 19.4 Å². The molecule has 0 aliphatic carbocycles. The lowest BCUT2D eigenvalue weighted by Crippen LogP contribution is -2.26. The van der Waals surface area contributed by atoms with Crippen molar-refractivity contribution in [3.05, 3.63) is 59.7 Å². The Kier molecular flexibility index (Phi) is 5.87. The Hall–Kier alpha value is -3.13. The van der Waals surface area contributed by atoms with Crippen molar-refractivity contribution in [1.29, 1.82) is 0 Å². The molecule has 7 nitrogen and oxygen atoms in total. The SMILES string of the molecule is COc1ccc(C(=O)CC2S/C(=N\N=C\c3ccccc3O)NC2=O)cc1. The zero-order chi connectivity index (χ0) is 19.2. The first-order valence-corrected chi connectivity index (χ1v) is 8.98. The largest absolute Gasteiger partial charge is 0.507 e. The van der Waals surface area contributed by atoms with Crippen molar-refractivity contribution in [3.63, 3.8) is 0 Å². The second-order valence-electron chi connectivity index (χ2n) is 5.66. The fraction of sp³-hybridized carbons (Fsp3) is 0.158. The Morgan fingerprint density at radius 3 is 2.70 bits per heavy atom. The highest BCUT2D eigenvalue weighted by Crippen LogP contribution is 2.24. The maximum absolute atomic E-state index is 12.4. The van der Waals surface area contributed by atoms with Crippen LogP contribution in [0.15, 0.2) is 58.7 Å². The fourth-order valence-corrected chi connectivity index (χ4v) is 3.31. The lowest BCUT2D eigenvalue weighted by molar-refractivity contribution is -0.118. The van der Waals surface area contributed by atoms with E-state index in [9.17, 15) is 14.7 Å². The van der Waals surface area contributed by atoms with Crippen LogP contribution < -0.4 is 10.1 Å². The van der Waals surface area contributed by atoms with Crippen LogP contribution in [0.25, 0.3) is 0 Å². The van der Waals surface area contributed by atoms with Gasteiger partial charge in [0.1, 0.15) is 11.5 Å². The number of ketones is 1. The van der Waals surface area contributed by atoms with Crippen LogP contribution in [0.3, 0.4) is 0 Å². The van der Waals surface area contributed by atoms with E-state index in [2.05, 4.69) is 15.5 Å². The van der Waals surface area contributed by atoms with E-state index in [1.54, 1.807) is 55.6 Å². The summed E-state index contributed by atoms with van der Waals surface area (Å²) in [5, 5.41) is 19.9. The van der Waals surface area contributed by atoms with Crippen LogP contribution >= 0.6 is 11.8 Å². The molecule has 27 heavy (non-hydrogen) atoms. The summed E-state index contributed by atoms with van der Waals surface area (Å²) in [6.45, 7) is 0. The minimum absolute atomic E-state index is 0.0606. The monoisotopic (exact) mass is 383 g/mol. The van der Waals surface area contributed by atoms with E-state index in [0.717, 1.165) is 11.8 Å². The summed E-state index contributed by atoms with van der Waals surface area (Å²) in [5.74, 6) is 0.339. The van der Waals surface area contributed by atoms with E-state index in [-0.39, 0.29) is 23.9 Å². The van der Waals surface area contributed by atoms with E-state index in [1.807, 2.05) is 0 Å². The van der Waals surface area contributed by atoms with Crippen LogP contribution in [0.1, 0.15) is 22.3 Å². The molecule has 1 saturated heterocycles. The fourth-order valence-electron chi connectivity index (χ4n) is 2.39. The molecule has 138 valence electrons. The van der Waals surface area contributed by atoms with Gasteiger partial charge in [0, 0.05) is 17.5 Å². The number of amidine groups is 1. The molecule has 0 aromatic heterocycles. The molecule has 3 rings (SSSR count). The van der Waals surface area contributed by atoms with Gasteiger partial charge in [-0.2, -0.15) is 5.10 Å². The van der Waals surface area contributed by atoms with Crippen molar-refractivity contribution in [2.45, 2.75) is 11.7 Å². The zero-order valence-corrected chi connectivity index (χ0v) is 15.3. The van der Waals surface area contributed by atoms with Crippen LogP contribution in [0.5, 0.6) is 11.5 Å². The Labute approximate surface area is 160 Å². The predicted octanol–water partition coefficient (Wildman–Crippen LogP) is 2.60. The number of phenols is 1. The van der Waals surface area contributed by atoms with Crippen molar-refractivity contribution in [1.82, 2.24) is 5.32 Å². The van der Waals surface area contributed by atoms with E-state index in [1.165, 1.54) is 6.21 Å². The molecule has 1 amide bonds. The number of methoxy groups -OCH3 is 1. The highest BCUT2D eigenvalue weighted by Gasteiger charge is 2.32. The normalized spacial score (nSPS) is 18.0. The smallest absolute Gasteiger partial charge is 0.240 e. The number of hydrogen-bond acceptors (Lipinski definition) is 7. The van der Waals surface area contributed by atoms with Gasteiger partial charge in [-0.3, -0.25) is 9.59 Å². The number of carbonyl (C=O) groups excluding carboxylic acids is 2. The van der Waals surface area contributed by atoms with Gasteiger partial charge in [0.25, 0.3) is 0 Å². The molecule has 0 saturated carbocycles. The summed E-state index contributed by atoms with van der Waals surface area (Å²) < 4.78 is 5.07. The van der Waals surface area contributed by atoms with E-state index < -0.39 is 5.25 Å². The Balaban J connectivity index is 1.61. The van der Waals surface area contributed by atoms with Gasteiger partial charge < -0.3 is 15.2 Å². The summed E-state index contributed by atoms with van der Waals surface area (Å²) in [7, 11) is 1.55. The van der Waals surface area contributed by atoms with Crippen LogP contribution in [0, 0.1) is 0 Å². The number of carbonyl (C=O) groups is 2. The molecule has 1 fully saturated rings. The van der Waals surface area contributed by atoms with Gasteiger partial charge in [-0.05, 0) is 36.4 Å². The molecule has 1 atom stereocenters. The van der Waals surface area contributed by atoms with E-state index in [4.69, 9.17) is 4.74 Å². The summed E-state index contributed by atoms with van der Waals surface area (Å²) in [6.07, 6.45) is 1.45. The number of ether oxygens (including phenoxy) is 1. The molecule has 0 bridgehead atoms. The molecule has 8 heteroatoms. The van der Waals surface area contributed by atoms with Gasteiger partial charge in [-0.1, -0.05) is 23.9 Å². The third kappa shape index (κ3) is 4.73. The standard InChI is InChI=1S/C19H17N3O4S/c1-26-14-8-6-12(7-9-14)16(24)10-17-18(25)21-19(27-17)22-20-11-13-4-2-3-5-15(13)23/h2-9,11,17,23H,10H2,1H3,(H,21,22,25)/b20-11+. The number of nitrogens with one attached hydrogen (secondary N) is 1. The van der Waals surface area contributed by atoms with Crippen molar-refractivity contribution in [2.75, 3.05) is 7.11 Å². The first kappa shape index (κ1) is 18.7. The minimum Gasteiger partial charge on any atom is -0.507 e. The number of phenolic OH excluding ortho intramolecular Hbond substituents is 1. The number of aromatic hydroxyl groups is 1. The van der Waals surface area contributed by atoms with Crippen LogP contribution in [0.4, 0.5) is 0 Å². The average molecular weight is 383 g/mol. The third-order valence-corrected chi connectivity index (χ3v) is 4.91. The second kappa shape index (κ2) is 8.50. The number of amides is 1. The van der Waals surface area contributed by atoms with E-state index in [0.29, 0.717) is 22.0 Å². The molecule has 2 aromatic carbocycles. The molecule has 1 unspecified atom stereocenters. The maximum Gasteiger partial charge on any atom is 0.240 e. The maximum atomic E-state index is 12.4. The summed E-state index contributed by atoms with van der Waals surface area (Å²) in [4.78, 5) is 24.4. The highest BCUT2D eigenvalue weighted by atomic mass is 32.2. The number of Topliss-reactive ketones (excluding diaryl/α,β-unsaturated/α-hetero) is 1. The first-order chi connectivity index (χ1) is 13.1. The van der Waals surface area contributed by atoms with Crippen molar-refractivity contribution in [2.24, 2.45) is 10.2 Å². The number of thioether (sulfide) groups is 1. The number of benzene rings is 2. The Morgan fingerprint density at radius 2 is 2.00 bits per heavy atom. The van der Waals surface area contributed by atoms with Crippen molar-refractivity contribution >= 4 is 34.8 Å². The van der Waals surface area contributed by atoms with Crippen molar-refractivity contribution in [3.8, 4) is 11.5 Å². The van der Waals surface area contributed by atoms with Gasteiger partial charge in [0.05, 0.1) is 18.6 Å². The van der Waals surface area contributed by atoms with Crippen LogP contribution in [-0.2, 0) is 4.79 Å². The summed E-state index contributed by atoms with van der Waals surface area (Å²) in [5.41, 5.74) is 1.04. The molecular weight excluding hydrogens is 366 g/mol. The average Bonchev–Trinajstić information content (AvgIpc) is 3.02. The molecule has 2 aromatic rings. The highest BCUT2D eigenvalue weighted by molar-refractivity contribution is 8.15. The molecule has 2 N–H and O–H groups in total. The van der Waals surface area contributed by atoms with Gasteiger partial charge in [0.2, 0.25) is 5.91 Å². The number of hydrogen-bond donors (Lipinski definition) is 2. The predicted molar refractivity (Wildman–Crippen MR) is 105 cm³/mol. The van der Waals surface area contributed by atoms with Gasteiger partial charge >= 0.3 is 0 Å². The Morgan fingerprint density at radius 1 is 1.26 bits per heavy atom. The number of para-hydroxylation sites is 1. The summed E-state index contributed by atoms with van der Waals surface area (Å²) >= 11 is 1.16.